The number of carboxylic acids is 1. The normalized spacial score (nSPS) is 10.6. The lowest BCUT2D eigenvalue weighted by atomic mass is 10.2. The first-order valence-electron chi connectivity index (χ1n) is 6.73. The van der Waals surface area contributed by atoms with Gasteiger partial charge in [0.25, 0.3) is 0 Å². The Kier molecular flexibility index (Phi) is 5.57. The summed E-state index contributed by atoms with van der Waals surface area (Å²) in [4.78, 5) is 22.3. The minimum Gasteiger partial charge on any atom is -0.477 e. The van der Waals surface area contributed by atoms with Crippen LogP contribution in [0, 0.1) is 0 Å². The molecule has 2 aromatic heterocycles. The fourth-order valence-corrected chi connectivity index (χ4v) is 3.00. The van der Waals surface area contributed by atoms with Gasteiger partial charge in [0.05, 0.1) is 12.2 Å². The summed E-state index contributed by atoms with van der Waals surface area (Å²) in [6.45, 7) is 9.40. The Morgan fingerprint density at radius 1 is 1.36 bits per heavy atom. The Balaban J connectivity index is 2.32. The van der Waals surface area contributed by atoms with Gasteiger partial charge in [-0.15, -0.1) is 24.5 Å². The molecule has 6 heteroatoms. The monoisotopic (exact) mass is 315 g/mol. The SMILES string of the molecule is C=CCN(CC=C)Cc1nc(-c2cccnc2)c(C(=O)O)s1. The molecule has 0 unspecified atom stereocenters. The average molecular weight is 315 g/mol. The zero-order valence-electron chi connectivity index (χ0n) is 12.1. The van der Waals surface area contributed by atoms with Crippen molar-refractivity contribution in [3.05, 3.63) is 59.7 Å². The number of hydrogen-bond donors (Lipinski definition) is 1. The van der Waals surface area contributed by atoms with Crippen molar-refractivity contribution in [1.29, 1.82) is 0 Å². The first kappa shape index (κ1) is 16.1. The zero-order chi connectivity index (χ0) is 15.9. The van der Waals surface area contributed by atoms with Gasteiger partial charge in [0.1, 0.15) is 9.88 Å². The molecule has 22 heavy (non-hydrogen) atoms. The van der Waals surface area contributed by atoms with Crippen LogP contribution in [0.3, 0.4) is 0 Å². The van der Waals surface area contributed by atoms with Gasteiger partial charge >= 0.3 is 5.97 Å². The summed E-state index contributed by atoms with van der Waals surface area (Å²) >= 11 is 1.19. The van der Waals surface area contributed by atoms with Crippen LogP contribution in [0.15, 0.2) is 49.8 Å². The maximum atomic E-state index is 11.4. The van der Waals surface area contributed by atoms with Crippen LogP contribution in [-0.2, 0) is 6.54 Å². The molecule has 0 amide bonds. The molecular weight excluding hydrogens is 298 g/mol. The summed E-state index contributed by atoms with van der Waals surface area (Å²) in [7, 11) is 0. The minimum atomic E-state index is -0.971. The average Bonchev–Trinajstić information content (AvgIpc) is 2.93. The number of pyridine rings is 1. The van der Waals surface area contributed by atoms with E-state index < -0.39 is 5.97 Å². The predicted octanol–water partition coefficient (Wildman–Crippen LogP) is 3.08. The van der Waals surface area contributed by atoms with E-state index >= 15 is 0 Å². The lowest BCUT2D eigenvalue weighted by molar-refractivity contribution is 0.0702. The molecule has 0 spiro atoms. The molecule has 0 radical (unpaired) electrons. The van der Waals surface area contributed by atoms with Crippen molar-refractivity contribution < 1.29 is 9.90 Å². The molecule has 0 aliphatic heterocycles. The highest BCUT2D eigenvalue weighted by Gasteiger charge is 2.19. The van der Waals surface area contributed by atoms with Crippen LogP contribution in [0.2, 0.25) is 0 Å². The molecule has 0 bridgehead atoms. The van der Waals surface area contributed by atoms with Crippen LogP contribution in [0.1, 0.15) is 14.7 Å². The van der Waals surface area contributed by atoms with Crippen LogP contribution in [0.4, 0.5) is 0 Å². The molecule has 1 N–H and O–H groups in total. The highest BCUT2D eigenvalue weighted by Crippen LogP contribution is 2.28. The fraction of sp³-hybridized carbons (Fsp3) is 0.188. The Morgan fingerprint density at radius 3 is 2.64 bits per heavy atom. The second-order valence-corrected chi connectivity index (χ2v) is 5.69. The number of aromatic carboxylic acids is 1. The summed E-state index contributed by atoms with van der Waals surface area (Å²) in [5.41, 5.74) is 1.18. The van der Waals surface area contributed by atoms with Crippen LogP contribution in [0.5, 0.6) is 0 Å². The van der Waals surface area contributed by atoms with Crippen molar-refractivity contribution in [2.24, 2.45) is 0 Å². The summed E-state index contributed by atoms with van der Waals surface area (Å²) < 4.78 is 0. The van der Waals surface area contributed by atoms with Gasteiger partial charge in [-0.2, -0.15) is 0 Å². The number of carboxylic acid groups (broad SMARTS) is 1. The first-order chi connectivity index (χ1) is 10.7. The lowest BCUT2D eigenvalue weighted by Gasteiger charge is -2.16. The van der Waals surface area contributed by atoms with Gasteiger partial charge in [0, 0.05) is 31.0 Å². The molecule has 2 heterocycles. The molecule has 114 valence electrons. The van der Waals surface area contributed by atoms with Crippen LogP contribution >= 0.6 is 11.3 Å². The van der Waals surface area contributed by atoms with Gasteiger partial charge < -0.3 is 5.11 Å². The van der Waals surface area contributed by atoms with Crippen LogP contribution < -0.4 is 0 Å². The number of rotatable bonds is 8. The van der Waals surface area contributed by atoms with Crippen molar-refractivity contribution in [3.63, 3.8) is 0 Å². The molecule has 5 nitrogen and oxygen atoms in total. The van der Waals surface area contributed by atoms with E-state index in [-0.39, 0.29) is 4.88 Å². The van der Waals surface area contributed by atoms with Gasteiger partial charge in [-0.1, -0.05) is 12.2 Å². The Morgan fingerprint density at radius 2 is 2.09 bits per heavy atom. The number of carbonyl (C=O) groups is 1. The van der Waals surface area contributed by atoms with Crippen molar-refractivity contribution in [1.82, 2.24) is 14.9 Å². The number of hydrogen-bond acceptors (Lipinski definition) is 5. The Bertz CT molecular complexity index is 657. The maximum absolute atomic E-state index is 11.4. The number of thiazole rings is 1. The van der Waals surface area contributed by atoms with Crippen molar-refractivity contribution in [2.75, 3.05) is 13.1 Å². The van der Waals surface area contributed by atoms with E-state index in [1.807, 2.05) is 6.07 Å². The van der Waals surface area contributed by atoms with E-state index in [0.29, 0.717) is 30.9 Å². The molecular formula is C16H17N3O2S. The van der Waals surface area contributed by atoms with E-state index in [9.17, 15) is 9.90 Å². The lowest BCUT2D eigenvalue weighted by Crippen LogP contribution is -2.23. The summed E-state index contributed by atoms with van der Waals surface area (Å²) in [6.07, 6.45) is 6.87. The van der Waals surface area contributed by atoms with Gasteiger partial charge in [-0.25, -0.2) is 9.78 Å². The van der Waals surface area contributed by atoms with E-state index in [1.54, 1.807) is 30.6 Å². The second-order valence-electron chi connectivity index (χ2n) is 4.60. The summed E-state index contributed by atoms with van der Waals surface area (Å²) in [5.74, 6) is -0.971. The van der Waals surface area contributed by atoms with Crippen LogP contribution in [-0.4, -0.2) is 39.0 Å². The summed E-state index contributed by atoms with van der Waals surface area (Å²) in [6, 6.07) is 3.57. The van der Waals surface area contributed by atoms with Crippen molar-refractivity contribution >= 4 is 17.3 Å². The Hall–Kier alpha value is -2.31. The van der Waals surface area contributed by atoms with E-state index in [1.165, 1.54) is 11.3 Å². The van der Waals surface area contributed by atoms with Gasteiger partial charge in [0.15, 0.2) is 0 Å². The largest absolute Gasteiger partial charge is 0.477 e. The Labute approximate surface area is 133 Å². The van der Waals surface area contributed by atoms with Crippen LogP contribution in [0.25, 0.3) is 11.3 Å². The van der Waals surface area contributed by atoms with Crippen molar-refractivity contribution in [2.45, 2.75) is 6.54 Å². The standard InChI is InChI=1S/C16H17N3O2S/c1-3-8-19(9-4-2)11-13-18-14(15(22-13)16(20)21)12-6-5-7-17-10-12/h3-7,10H,1-2,8-9,11H2,(H,20,21). The maximum Gasteiger partial charge on any atom is 0.348 e. The minimum absolute atomic E-state index is 0.236. The smallest absolute Gasteiger partial charge is 0.348 e. The van der Waals surface area contributed by atoms with E-state index in [4.69, 9.17) is 0 Å². The van der Waals surface area contributed by atoms with Gasteiger partial charge in [0.2, 0.25) is 0 Å². The van der Waals surface area contributed by atoms with Crippen molar-refractivity contribution in [3.8, 4) is 11.3 Å². The molecule has 0 atom stereocenters. The third-order valence-corrected chi connectivity index (χ3v) is 3.96. The first-order valence-corrected chi connectivity index (χ1v) is 7.55. The molecule has 0 aliphatic carbocycles. The van der Waals surface area contributed by atoms with Gasteiger partial charge in [-0.3, -0.25) is 9.88 Å². The second kappa shape index (κ2) is 7.63. The number of aromatic nitrogens is 2. The fourth-order valence-electron chi connectivity index (χ4n) is 2.04. The zero-order valence-corrected chi connectivity index (χ0v) is 12.9. The predicted molar refractivity (Wildman–Crippen MR) is 88.0 cm³/mol. The molecule has 2 rings (SSSR count). The molecule has 0 aliphatic rings. The molecule has 0 aromatic carbocycles. The third kappa shape index (κ3) is 3.87. The summed E-state index contributed by atoms with van der Waals surface area (Å²) in [5, 5.41) is 10.1. The van der Waals surface area contributed by atoms with E-state index in [2.05, 4.69) is 28.0 Å². The number of nitrogens with zero attached hydrogens (tertiary/aromatic N) is 3. The van der Waals surface area contributed by atoms with Gasteiger partial charge in [-0.05, 0) is 12.1 Å². The molecule has 0 saturated heterocycles. The third-order valence-electron chi connectivity index (χ3n) is 2.93. The van der Waals surface area contributed by atoms with E-state index in [0.717, 1.165) is 5.01 Å². The highest BCUT2D eigenvalue weighted by atomic mass is 32.1. The quantitative estimate of drug-likeness (QED) is 0.758. The molecule has 2 aromatic rings. The highest BCUT2D eigenvalue weighted by molar-refractivity contribution is 7.14. The topological polar surface area (TPSA) is 66.3 Å². The molecule has 0 fully saturated rings. The molecule has 0 saturated carbocycles.